The number of ether oxygens (including phenoxy) is 1. The van der Waals surface area contributed by atoms with Gasteiger partial charge in [0.05, 0.1) is 6.54 Å². The third-order valence-electron chi connectivity index (χ3n) is 4.54. The zero-order valence-corrected chi connectivity index (χ0v) is 12.1. The largest absolute Gasteiger partial charge is 0.368 e. The first-order chi connectivity index (χ1) is 9.66. The molecule has 0 radical (unpaired) electrons. The Morgan fingerprint density at radius 3 is 2.80 bits per heavy atom. The van der Waals surface area contributed by atoms with Crippen molar-refractivity contribution in [1.29, 1.82) is 0 Å². The van der Waals surface area contributed by atoms with Gasteiger partial charge in [0.25, 0.3) is 0 Å². The fourth-order valence-electron chi connectivity index (χ4n) is 2.85. The van der Waals surface area contributed by atoms with Crippen LogP contribution in [0.2, 0.25) is 0 Å². The number of amides is 1. The zero-order valence-electron chi connectivity index (χ0n) is 12.1. The van der Waals surface area contributed by atoms with E-state index in [1.54, 1.807) is 0 Å². The van der Waals surface area contributed by atoms with E-state index in [2.05, 4.69) is 15.5 Å². The molecule has 1 saturated heterocycles. The molecular formula is C14H22N4O2. The highest BCUT2D eigenvalue weighted by atomic mass is 16.5. The molecule has 1 N–H and O–H groups in total. The minimum absolute atomic E-state index is 0.0387. The molecule has 0 spiro atoms. The lowest BCUT2D eigenvalue weighted by Crippen LogP contribution is -2.37. The average Bonchev–Trinajstić information content (AvgIpc) is 2.93. The Hall–Kier alpha value is -1.43. The van der Waals surface area contributed by atoms with Gasteiger partial charge >= 0.3 is 0 Å². The van der Waals surface area contributed by atoms with Gasteiger partial charge in [0.15, 0.2) is 5.82 Å². The van der Waals surface area contributed by atoms with E-state index in [-0.39, 0.29) is 12.0 Å². The van der Waals surface area contributed by atoms with Gasteiger partial charge in [-0.3, -0.25) is 4.79 Å². The lowest BCUT2D eigenvalue weighted by atomic mass is 9.85. The van der Waals surface area contributed by atoms with Crippen LogP contribution >= 0.6 is 0 Å². The first-order valence-corrected chi connectivity index (χ1v) is 7.44. The molecule has 1 aromatic rings. The fraction of sp³-hybridized carbons (Fsp3) is 0.786. The van der Waals surface area contributed by atoms with Gasteiger partial charge in [-0.25, -0.2) is 0 Å². The Morgan fingerprint density at radius 2 is 2.20 bits per heavy atom. The van der Waals surface area contributed by atoms with E-state index in [0.717, 1.165) is 18.1 Å². The van der Waals surface area contributed by atoms with Gasteiger partial charge in [0, 0.05) is 19.6 Å². The summed E-state index contributed by atoms with van der Waals surface area (Å²) < 4.78 is 7.48. The zero-order chi connectivity index (χ0) is 14.1. The van der Waals surface area contributed by atoms with Gasteiger partial charge in [-0.05, 0) is 25.2 Å². The summed E-state index contributed by atoms with van der Waals surface area (Å²) >= 11 is 0. The number of carbonyl (C=O) groups is 1. The number of nitrogens with one attached hydrogen (secondary N) is 1. The lowest BCUT2D eigenvalue weighted by Gasteiger charge is -2.24. The number of aromatic nitrogens is 3. The van der Waals surface area contributed by atoms with Crippen molar-refractivity contribution in [3.05, 3.63) is 11.6 Å². The van der Waals surface area contributed by atoms with Gasteiger partial charge in [-0.1, -0.05) is 13.3 Å². The second kappa shape index (κ2) is 5.52. The maximum absolute atomic E-state index is 12.1. The Bertz CT molecular complexity index is 495. The number of nitrogens with zero attached hydrogens (tertiary/aromatic N) is 3. The van der Waals surface area contributed by atoms with Crippen LogP contribution in [0.4, 0.5) is 0 Å². The molecule has 1 aliphatic heterocycles. The lowest BCUT2D eigenvalue weighted by molar-refractivity contribution is -0.131. The van der Waals surface area contributed by atoms with E-state index in [4.69, 9.17) is 4.74 Å². The topological polar surface area (TPSA) is 69.0 Å². The molecule has 1 aliphatic carbocycles. The number of rotatable bonds is 4. The second-order valence-corrected chi connectivity index (χ2v) is 5.94. The van der Waals surface area contributed by atoms with Crippen molar-refractivity contribution in [2.45, 2.75) is 51.2 Å². The summed E-state index contributed by atoms with van der Waals surface area (Å²) in [6.07, 6.45) is 4.32. The molecule has 6 heteroatoms. The van der Waals surface area contributed by atoms with Crippen LogP contribution in [-0.2, 0) is 23.1 Å². The summed E-state index contributed by atoms with van der Waals surface area (Å²) in [6, 6.07) is 0. The van der Waals surface area contributed by atoms with Crippen molar-refractivity contribution < 1.29 is 9.53 Å². The number of hydrogen-bond donors (Lipinski definition) is 1. The van der Waals surface area contributed by atoms with Gasteiger partial charge in [0.2, 0.25) is 5.91 Å². The summed E-state index contributed by atoms with van der Waals surface area (Å²) in [4.78, 5) is 12.1. The van der Waals surface area contributed by atoms with Crippen molar-refractivity contribution in [2.24, 2.45) is 13.0 Å². The van der Waals surface area contributed by atoms with Crippen molar-refractivity contribution in [3.8, 4) is 0 Å². The van der Waals surface area contributed by atoms with Crippen LogP contribution in [0, 0.1) is 5.92 Å². The Labute approximate surface area is 118 Å². The molecule has 20 heavy (non-hydrogen) atoms. The number of carbonyl (C=O) groups excluding carboxylic acids is 1. The van der Waals surface area contributed by atoms with Gasteiger partial charge in [0.1, 0.15) is 11.9 Å². The maximum Gasteiger partial charge on any atom is 0.249 e. The first kappa shape index (κ1) is 13.5. The summed E-state index contributed by atoms with van der Waals surface area (Å²) in [6.45, 7) is 3.14. The van der Waals surface area contributed by atoms with Crippen LogP contribution < -0.4 is 5.32 Å². The van der Waals surface area contributed by atoms with E-state index in [9.17, 15) is 4.79 Å². The van der Waals surface area contributed by atoms with Crippen LogP contribution in [0.3, 0.4) is 0 Å². The van der Waals surface area contributed by atoms with Crippen LogP contribution in [0.1, 0.15) is 50.2 Å². The Balaban J connectivity index is 1.58. The highest BCUT2D eigenvalue weighted by Gasteiger charge is 2.31. The molecule has 1 saturated carbocycles. The smallest absolute Gasteiger partial charge is 0.249 e. The molecule has 1 aromatic heterocycles. The Kier molecular flexibility index (Phi) is 3.74. The average molecular weight is 278 g/mol. The SMILES string of the molecule is C[C@@H]1CCO[C@@H]1C(=O)NCc1nnc(C2CCC2)n1C. The third kappa shape index (κ3) is 2.44. The molecule has 2 fully saturated rings. The fourth-order valence-corrected chi connectivity index (χ4v) is 2.85. The molecule has 0 unspecified atom stereocenters. The monoisotopic (exact) mass is 278 g/mol. The van der Waals surface area contributed by atoms with E-state index < -0.39 is 0 Å². The summed E-state index contributed by atoms with van der Waals surface area (Å²) in [5, 5.41) is 11.4. The van der Waals surface area contributed by atoms with Gasteiger partial charge < -0.3 is 14.6 Å². The molecule has 2 atom stereocenters. The molecular weight excluding hydrogens is 256 g/mol. The predicted octanol–water partition coefficient (Wildman–Crippen LogP) is 1.12. The highest BCUT2D eigenvalue weighted by Crippen LogP contribution is 2.35. The Morgan fingerprint density at radius 1 is 1.40 bits per heavy atom. The quantitative estimate of drug-likeness (QED) is 0.896. The van der Waals surface area contributed by atoms with Crippen LogP contribution in [0.25, 0.3) is 0 Å². The van der Waals surface area contributed by atoms with E-state index >= 15 is 0 Å². The van der Waals surface area contributed by atoms with Crippen LogP contribution in [-0.4, -0.2) is 33.4 Å². The molecule has 3 rings (SSSR count). The molecule has 2 aliphatic rings. The highest BCUT2D eigenvalue weighted by molar-refractivity contribution is 5.81. The van der Waals surface area contributed by atoms with Gasteiger partial charge in [-0.2, -0.15) is 0 Å². The molecule has 110 valence electrons. The summed E-state index contributed by atoms with van der Waals surface area (Å²) in [5.41, 5.74) is 0. The van der Waals surface area contributed by atoms with Crippen molar-refractivity contribution in [1.82, 2.24) is 20.1 Å². The van der Waals surface area contributed by atoms with Crippen LogP contribution in [0.15, 0.2) is 0 Å². The van der Waals surface area contributed by atoms with Gasteiger partial charge in [-0.15, -0.1) is 10.2 Å². The van der Waals surface area contributed by atoms with E-state index in [1.165, 1.54) is 19.3 Å². The first-order valence-electron chi connectivity index (χ1n) is 7.44. The van der Waals surface area contributed by atoms with Crippen LogP contribution in [0.5, 0.6) is 0 Å². The van der Waals surface area contributed by atoms with E-state index in [0.29, 0.717) is 25.0 Å². The molecule has 2 heterocycles. The normalized spacial score (nSPS) is 26.5. The summed E-state index contributed by atoms with van der Waals surface area (Å²) in [7, 11) is 1.98. The summed E-state index contributed by atoms with van der Waals surface area (Å²) in [5.74, 6) is 2.66. The standard InChI is InChI=1S/C14H22N4O2/c1-9-6-7-20-12(9)14(19)15-8-11-16-17-13(18(11)2)10-4-3-5-10/h9-10,12H,3-8H2,1-2H3,(H,15,19)/t9-,12+/m1/s1. The molecule has 1 amide bonds. The van der Waals surface area contributed by atoms with Crippen molar-refractivity contribution in [2.75, 3.05) is 6.61 Å². The number of hydrogen-bond acceptors (Lipinski definition) is 4. The van der Waals surface area contributed by atoms with Crippen molar-refractivity contribution >= 4 is 5.91 Å². The maximum atomic E-state index is 12.1. The third-order valence-corrected chi connectivity index (χ3v) is 4.54. The predicted molar refractivity (Wildman–Crippen MR) is 73.0 cm³/mol. The molecule has 6 nitrogen and oxygen atoms in total. The minimum atomic E-state index is -0.311. The van der Waals surface area contributed by atoms with E-state index in [1.807, 2.05) is 18.5 Å². The molecule has 0 aromatic carbocycles. The second-order valence-electron chi connectivity index (χ2n) is 5.94. The molecule has 0 bridgehead atoms. The minimum Gasteiger partial charge on any atom is -0.368 e. The van der Waals surface area contributed by atoms with Crippen molar-refractivity contribution in [3.63, 3.8) is 0 Å².